The summed E-state index contributed by atoms with van der Waals surface area (Å²) in [5, 5.41) is 0. The first-order valence-corrected chi connectivity index (χ1v) is 9.36. The van der Waals surface area contributed by atoms with Crippen molar-refractivity contribution in [2.75, 3.05) is 0 Å². The molecule has 0 atom stereocenters. The Morgan fingerprint density at radius 2 is 1.35 bits per heavy atom. The number of aryl methyl sites for hydroxylation is 2. The number of hydrogen-bond donors (Lipinski definition) is 0. The monoisotopic (exact) mass is 579 g/mol. The second-order valence-corrected chi connectivity index (χ2v) is 6.87. The third-order valence-electron chi connectivity index (χ3n) is 5.23. The summed E-state index contributed by atoms with van der Waals surface area (Å²) < 4.78 is 0. The van der Waals surface area contributed by atoms with Gasteiger partial charge in [0.15, 0.2) is 0 Å². The Labute approximate surface area is 213 Å². The van der Waals surface area contributed by atoms with Crippen LogP contribution in [0.5, 0.6) is 0 Å². The molecule has 0 fully saturated rings. The predicted octanol–water partition coefficient (Wildman–Crippen LogP) is 8.21. The van der Waals surface area contributed by atoms with Gasteiger partial charge in [-0.2, -0.15) is 23.8 Å². The van der Waals surface area contributed by atoms with Crippen molar-refractivity contribution in [3.05, 3.63) is 144 Å². The van der Waals surface area contributed by atoms with Crippen LogP contribution in [0.4, 0.5) is 0 Å². The van der Waals surface area contributed by atoms with E-state index in [4.69, 9.17) is 0 Å². The number of benzene rings is 2. The first kappa shape index (κ1) is 34.0. The van der Waals surface area contributed by atoms with E-state index in [0.29, 0.717) is 0 Å². The zero-order valence-corrected chi connectivity index (χ0v) is 23.8. The van der Waals surface area contributed by atoms with E-state index in [1.165, 1.54) is 36.0 Å². The average molecular weight is 578 g/mol. The van der Waals surface area contributed by atoms with E-state index in [0.717, 1.165) is 19.3 Å². The number of fused-ring (bicyclic) bond motifs is 3. The molecule has 170 valence electrons. The first-order chi connectivity index (χ1) is 12.4. The average Bonchev–Trinajstić information content (AvgIpc) is 3.42. The largest absolute Gasteiger partial charge is 0.358 e. The summed E-state index contributed by atoms with van der Waals surface area (Å²) in [5.74, 6) is 0. The fourth-order valence-electron chi connectivity index (χ4n) is 3.98. The van der Waals surface area contributed by atoms with Gasteiger partial charge in [0.1, 0.15) is 0 Å². The standard InChI is InChI=1S/C20H19.C5H5.5CH3.Hf/c1-2-5-15(6-3-1)9-10-17-13-14-18-12-11-16-7-4-8-19(16)20(17)18;1-2-4-5-3-1;;;;;;/h1-3,5-6,11-12H,4,7-10,14H2;1-5H;5*1H3;/q7*-1;. The molecule has 0 amide bonds. The van der Waals surface area contributed by atoms with E-state index in [-0.39, 0.29) is 63.0 Å². The summed E-state index contributed by atoms with van der Waals surface area (Å²) >= 11 is 0. The second-order valence-electron chi connectivity index (χ2n) is 6.87. The topological polar surface area (TPSA) is 0 Å². The molecule has 0 aliphatic heterocycles. The van der Waals surface area contributed by atoms with E-state index < -0.39 is 0 Å². The van der Waals surface area contributed by atoms with Crippen LogP contribution in [0.25, 0.3) is 5.57 Å². The van der Waals surface area contributed by atoms with Crippen LogP contribution in [0.1, 0.15) is 40.7 Å². The van der Waals surface area contributed by atoms with Crippen LogP contribution in [0.3, 0.4) is 0 Å². The number of hydrogen-bond acceptors (Lipinski definition) is 0. The van der Waals surface area contributed by atoms with Gasteiger partial charge in [-0.15, -0.1) is 17.5 Å². The van der Waals surface area contributed by atoms with Crippen LogP contribution in [-0.4, -0.2) is 0 Å². The molecule has 3 aromatic carbocycles. The molecule has 2 aliphatic carbocycles. The van der Waals surface area contributed by atoms with Gasteiger partial charge in [-0.3, -0.25) is 6.08 Å². The van der Waals surface area contributed by atoms with Crippen LogP contribution in [0, 0.1) is 43.2 Å². The molecule has 0 N–H and O–H groups in total. The van der Waals surface area contributed by atoms with Crippen molar-refractivity contribution in [3.8, 4) is 0 Å². The van der Waals surface area contributed by atoms with E-state index in [2.05, 4.69) is 48.5 Å². The SMILES string of the molecule is [C-]1=C(CCc2ccccc2)c2c(ccc3c2CCC3)C1.[CH3-].[CH3-].[CH3-].[CH3-].[CH3-].[Hf].c1cc[cH-]c1. The normalized spacial score (nSPS) is 11.5. The molecule has 0 radical (unpaired) electrons. The smallest absolute Gasteiger partial charge is 0 e. The van der Waals surface area contributed by atoms with Gasteiger partial charge in [-0.1, -0.05) is 54.4 Å². The Kier molecular flexibility index (Phi) is 18.7. The molecule has 0 spiro atoms. The van der Waals surface area contributed by atoms with Crippen molar-refractivity contribution >= 4 is 5.57 Å². The third-order valence-corrected chi connectivity index (χ3v) is 5.23. The molecule has 5 rings (SSSR count). The predicted molar refractivity (Wildman–Crippen MR) is 138 cm³/mol. The van der Waals surface area contributed by atoms with Gasteiger partial charge in [-0.05, 0) is 31.2 Å². The molecule has 31 heavy (non-hydrogen) atoms. The van der Waals surface area contributed by atoms with Crippen LogP contribution >= 0.6 is 0 Å². The molecule has 0 heterocycles. The van der Waals surface area contributed by atoms with Crippen molar-refractivity contribution in [1.29, 1.82) is 0 Å². The summed E-state index contributed by atoms with van der Waals surface area (Å²) in [4.78, 5) is 0. The van der Waals surface area contributed by atoms with Gasteiger partial charge >= 0.3 is 0 Å². The molecule has 1 heteroatoms. The summed E-state index contributed by atoms with van der Waals surface area (Å²) in [7, 11) is 0. The Morgan fingerprint density at radius 1 is 0.710 bits per heavy atom. The number of allylic oxidation sites excluding steroid dienone is 2. The minimum absolute atomic E-state index is 0. The van der Waals surface area contributed by atoms with Gasteiger partial charge < -0.3 is 37.1 Å². The van der Waals surface area contributed by atoms with Crippen LogP contribution in [0.15, 0.2) is 72.8 Å². The summed E-state index contributed by atoms with van der Waals surface area (Å²) in [6.45, 7) is 0. The zero-order chi connectivity index (χ0) is 16.9. The summed E-state index contributed by atoms with van der Waals surface area (Å²) in [5.41, 5.74) is 9.20. The minimum Gasteiger partial charge on any atom is -0.358 e. The molecule has 0 saturated heterocycles. The molecule has 0 unspecified atom stereocenters. The fraction of sp³-hybridized carbons (Fsp3) is 0.200. The Morgan fingerprint density at radius 3 is 1.97 bits per heavy atom. The zero-order valence-electron chi connectivity index (χ0n) is 20.2. The summed E-state index contributed by atoms with van der Waals surface area (Å²) in [6.07, 6.45) is 10.8. The summed E-state index contributed by atoms with van der Waals surface area (Å²) in [6, 6.07) is 25.5. The van der Waals surface area contributed by atoms with E-state index in [9.17, 15) is 0 Å². The first-order valence-electron chi connectivity index (χ1n) is 9.36. The van der Waals surface area contributed by atoms with Crippen molar-refractivity contribution in [1.82, 2.24) is 0 Å². The molecular weight excluding hydrogens is 539 g/mol. The van der Waals surface area contributed by atoms with E-state index in [1.54, 1.807) is 16.7 Å². The second kappa shape index (κ2) is 17.0. The van der Waals surface area contributed by atoms with E-state index >= 15 is 0 Å². The molecule has 0 nitrogen and oxygen atoms in total. The number of rotatable bonds is 3. The minimum atomic E-state index is 0. The Hall–Kier alpha value is -1.60. The Balaban J connectivity index is -0.000000639. The molecule has 0 bridgehead atoms. The maximum absolute atomic E-state index is 3.64. The van der Waals surface area contributed by atoms with Crippen LogP contribution in [0.2, 0.25) is 0 Å². The van der Waals surface area contributed by atoms with Crippen molar-refractivity contribution in [2.45, 2.75) is 38.5 Å². The van der Waals surface area contributed by atoms with Crippen LogP contribution in [-0.2, 0) is 51.5 Å². The quantitative estimate of drug-likeness (QED) is 0.217. The third kappa shape index (κ3) is 8.45. The van der Waals surface area contributed by atoms with E-state index in [1.807, 2.05) is 30.3 Å². The maximum atomic E-state index is 3.64. The molecular formula is C30H39Hf-7. The molecule has 2 aliphatic rings. The van der Waals surface area contributed by atoms with Crippen LogP contribution < -0.4 is 0 Å². The van der Waals surface area contributed by atoms with Gasteiger partial charge in [0.05, 0.1) is 0 Å². The van der Waals surface area contributed by atoms with Gasteiger partial charge in [0.25, 0.3) is 0 Å². The van der Waals surface area contributed by atoms with Crippen molar-refractivity contribution in [2.24, 2.45) is 0 Å². The van der Waals surface area contributed by atoms with Crippen molar-refractivity contribution < 1.29 is 25.8 Å². The fourth-order valence-corrected chi connectivity index (χ4v) is 3.98. The molecule has 0 saturated carbocycles. The maximum Gasteiger partial charge on any atom is 0 e. The molecule has 3 aromatic rings. The van der Waals surface area contributed by atoms with Gasteiger partial charge in [-0.25, -0.2) is 17.7 Å². The van der Waals surface area contributed by atoms with Gasteiger partial charge in [0.2, 0.25) is 0 Å². The van der Waals surface area contributed by atoms with Gasteiger partial charge in [0, 0.05) is 25.8 Å². The Bertz CT molecular complexity index is 824. The molecule has 0 aromatic heterocycles. The van der Waals surface area contributed by atoms with Crippen molar-refractivity contribution in [3.63, 3.8) is 0 Å².